The lowest BCUT2D eigenvalue weighted by molar-refractivity contribution is 1.62. The van der Waals surface area contributed by atoms with Gasteiger partial charge in [-0.3, -0.25) is 0 Å². The van der Waals surface area contributed by atoms with Crippen molar-refractivity contribution in [1.82, 2.24) is 0 Å². The first-order chi connectivity index (χ1) is 11.4. The van der Waals surface area contributed by atoms with Gasteiger partial charge in [-0.25, -0.2) is 0 Å². The minimum absolute atomic E-state index is 0.581. The van der Waals surface area contributed by atoms with E-state index in [0.29, 0.717) is 8.19 Å². The van der Waals surface area contributed by atoms with Crippen LogP contribution >= 0.6 is 8.19 Å². The molecule has 0 aliphatic carbocycles. The maximum Gasteiger partial charge on any atom is 0.0116 e. The molecule has 1 heteroatoms. The molecule has 4 rings (SSSR count). The van der Waals surface area contributed by atoms with Crippen LogP contribution in [0.15, 0.2) is 91.0 Å². The molecule has 0 amide bonds. The van der Waals surface area contributed by atoms with E-state index < -0.39 is 0 Å². The normalized spacial score (nSPS) is 11.0. The first-order valence-corrected chi connectivity index (χ1v) is 8.73. The summed E-state index contributed by atoms with van der Waals surface area (Å²) in [6, 6.07) is 31.9. The summed E-state index contributed by atoms with van der Waals surface area (Å²) in [7, 11) is 0.581. The molecule has 0 bridgehead atoms. The van der Waals surface area contributed by atoms with Crippen molar-refractivity contribution in [3.63, 3.8) is 0 Å². The van der Waals surface area contributed by atoms with Gasteiger partial charge in [0.25, 0.3) is 0 Å². The van der Waals surface area contributed by atoms with Gasteiger partial charge < -0.3 is 0 Å². The Balaban J connectivity index is 1.97. The van der Waals surface area contributed by atoms with Gasteiger partial charge in [0.2, 0.25) is 0 Å². The molecule has 1 atom stereocenters. The summed E-state index contributed by atoms with van der Waals surface area (Å²) < 4.78 is 0. The summed E-state index contributed by atoms with van der Waals surface area (Å²) in [6.45, 7) is 0. The van der Waals surface area contributed by atoms with Gasteiger partial charge in [0.1, 0.15) is 0 Å². The highest BCUT2D eigenvalue weighted by Crippen LogP contribution is 2.46. The van der Waals surface area contributed by atoms with Crippen LogP contribution in [0.25, 0.3) is 33.1 Å². The molecule has 1 heterocycles. The highest BCUT2D eigenvalue weighted by Gasteiger charge is 2.15. The number of hydrogen-bond acceptors (Lipinski definition) is 0. The second-order valence-corrected chi connectivity index (χ2v) is 6.47. The predicted molar refractivity (Wildman–Crippen MR) is 101 cm³/mol. The van der Waals surface area contributed by atoms with Crippen molar-refractivity contribution in [1.29, 1.82) is 0 Å². The molecule has 4 aromatic rings. The number of rotatable bonds is 3. The highest BCUT2D eigenvalue weighted by molar-refractivity contribution is 7.33. The van der Waals surface area contributed by atoms with Crippen LogP contribution in [-0.2, 0) is 0 Å². The molecule has 0 fully saturated rings. The van der Waals surface area contributed by atoms with E-state index in [0.717, 1.165) is 0 Å². The molecular weight excluding hydrogens is 295 g/mol. The van der Waals surface area contributed by atoms with Crippen LogP contribution in [0.4, 0.5) is 0 Å². The van der Waals surface area contributed by atoms with Crippen molar-refractivity contribution in [3.8, 4) is 33.1 Å². The topological polar surface area (TPSA) is 0 Å². The molecule has 0 aliphatic rings. The molecule has 0 saturated carbocycles. The smallest absolute Gasteiger partial charge is 0.0116 e. The fourth-order valence-corrected chi connectivity index (χ4v) is 4.14. The first kappa shape index (κ1) is 14.1. The summed E-state index contributed by atoms with van der Waals surface area (Å²) >= 11 is 0. The Bertz CT molecular complexity index is 834. The first-order valence-electron chi connectivity index (χ1n) is 7.73. The maximum atomic E-state index is 3.64. The average molecular weight is 311 g/mol. The molecule has 0 N–H and O–H groups in total. The molecule has 0 aliphatic heterocycles. The van der Waals surface area contributed by atoms with Crippen LogP contribution in [0.1, 0.15) is 0 Å². The van der Waals surface area contributed by atoms with E-state index in [1.54, 1.807) is 0 Å². The summed E-state index contributed by atoms with van der Waals surface area (Å²) in [4.78, 5) is 0. The monoisotopic (exact) mass is 311 g/mol. The van der Waals surface area contributed by atoms with E-state index in [-0.39, 0.29) is 0 Å². The highest BCUT2D eigenvalue weighted by atomic mass is 31.0. The Morgan fingerprint density at radius 1 is 0.522 bits per heavy atom. The lowest BCUT2D eigenvalue weighted by Crippen LogP contribution is -1.83. The Kier molecular flexibility index (Phi) is 3.84. The molecule has 0 spiro atoms. The molecule has 23 heavy (non-hydrogen) atoms. The molecule has 0 nitrogen and oxygen atoms in total. The van der Waals surface area contributed by atoms with Crippen molar-refractivity contribution in [2.45, 2.75) is 0 Å². The van der Waals surface area contributed by atoms with Gasteiger partial charge in [-0.1, -0.05) is 91.0 Å². The third-order valence-electron chi connectivity index (χ3n) is 4.00. The zero-order valence-electron chi connectivity index (χ0n) is 12.7. The minimum atomic E-state index is 0.581. The molecule has 3 aromatic carbocycles. The second-order valence-electron chi connectivity index (χ2n) is 5.47. The van der Waals surface area contributed by atoms with Gasteiger partial charge in [-0.15, -0.1) is 8.19 Å². The van der Waals surface area contributed by atoms with Gasteiger partial charge in [0.05, 0.1) is 0 Å². The van der Waals surface area contributed by atoms with Crippen LogP contribution in [0.5, 0.6) is 0 Å². The lowest BCUT2D eigenvalue weighted by Gasteiger charge is -2.09. The summed E-state index contributed by atoms with van der Waals surface area (Å²) in [5.41, 5.74) is 6.35. The van der Waals surface area contributed by atoms with Crippen LogP contribution in [0.3, 0.4) is 0 Å². The van der Waals surface area contributed by atoms with Gasteiger partial charge in [0, 0.05) is 22.2 Å². The van der Waals surface area contributed by atoms with E-state index in [1.165, 1.54) is 33.1 Å². The van der Waals surface area contributed by atoms with Crippen LogP contribution in [0, 0.1) is 5.80 Å². The SMILES string of the molecule is [c]1[pH]c(-c2ccccc2)c(-c2ccccc2)c1-c1ccccc1. The number of hydrogen-bond donors (Lipinski definition) is 0. The van der Waals surface area contributed by atoms with Crippen molar-refractivity contribution in [2.75, 3.05) is 0 Å². The van der Waals surface area contributed by atoms with Crippen LogP contribution < -0.4 is 0 Å². The third kappa shape index (κ3) is 2.74. The molecule has 109 valence electrons. The Labute approximate surface area is 138 Å². The van der Waals surface area contributed by atoms with Gasteiger partial charge in [-0.2, -0.15) is 0 Å². The minimum Gasteiger partial charge on any atom is -0.122 e. The standard InChI is InChI=1S/C22H16P/c1-4-10-17(11-5-1)20-16-23-22(19-14-8-3-9-15-19)21(20)18-12-6-2-7-13-18/h1-15,23H. The van der Waals surface area contributed by atoms with Gasteiger partial charge >= 0.3 is 0 Å². The van der Waals surface area contributed by atoms with Crippen molar-refractivity contribution >= 4 is 8.19 Å². The fourth-order valence-electron chi connectivity index (χ4n) is 2.91. The van der Waals surface area contributed by atoms with Crippen molar-refractivity contribution in [2.24, 2.45) is 0 Å². The maximum absolute atomic E-state index is 3.64. The molecular formula is C22H16P. The van der Waals surface area contributed by atoms with E-state index in [1.807, 2.05) is 0 Å². The zero-order chi connectivity index (χ0) is 15.5. The van der Waals surface area contributed by atoms with E-state index in [9.17, 15) is 0 Å². The van der Waals surface area contributed by atoms with Crippen LogP contribution in [0.2, 0.25) is 0 Å². The quantitative estimate of drug-likeness (QED) is 0.404. The van der Waals surface area contributed by atoms with E-state index in [2.05, 4.69) is 96.8 Å². The third-order valence-corrected chi connectivity index (χ3v) is 5.16. The second kappa shape index (κ2) is 6.28. The summed E-state index contributed by atoms with van der Waals surface area (Å²) in [5.74, 6) is 3.64. The van der Waals surface area contributed by atoms with Gasteiger partial charge in [0.15, 0.2) is 0 Å². The Hall–Kier alpha value is -2.56. The summed E-state index contributed by atoms with van der Waals surface area (Å²) in [6.07, 6.45) is 0. The molecule has 1 aromatic heterocycles. The molecule has 1 radical (unpaired) electrons. The fraction of sp³-hybridized carbons (Fsp3) is 0. The van der Waals surface area contributed by atoms with Crippen molar-refractivity contribution in [3.05, 3.63) is 96.8 Å². The van der Waals surface area contributed by atoms with E-state index in [4.69, 9.17) is 0 Å². The zero-order valence-corrected chi connectivity index (χ0v) is 13.7. The Morgan fingerprint density at radius 3 is 1.57 bits per heavy atom. The van der Waals surface area contributed by atoms with E-state index >= 15 is 0 Å². The Morgan fingerprint density at radius 2 is 1.00 bits per heavy atom. The van der Waals surface area contributed by atoms with Gasteiger partial charge in [-0.05, 0) is 16.7 Å². The molecule has 0 saturated heterocycles. The van der Waals surface area contributed by atoms with Crippen molar-refractivity contribution < 1.29 is 0 Å². The van der Waals surface area contributed by atoms with Crippen LogP contribution in [-0.4, -0.2) is 0 Å². The molecule has 1 unspecified atom stereocenters. The largest absolute Gasteiger partial charge is 0.122 e. The summed E-state index contributed by atoms with van der Waals surface area (Å²) in [5, 5.41) is 1.38. The lowest BCUT2D eigenvalue weighted by atomic mass is 9.95. The predicted octanol–water partition coefficient (Wildman–Crippen LogP) is 6.52. The number of benzene rings is 3. The average Bonchev–Trinajstić information content (AvgIpc) is 3.09.